The molecule has 96 valence electrons. The van der Waals surface area contributed by atoms with Crippen molar-refractivity contribution in [3.8, 4) is 0 Å². The number of ketones is 1. The van der Waals surface area contributed by atoms with Crippen LogP contribution in [0, 0.1) is 0 Å². The number of carbonyl (C=O) groups is 2. The van der Waals surface area contributed by atoms with Gasteiger partial charge in [0, 0.05) is 6.20 Å². The lowest BCUT2D eigenvalue weighted by Gasteiger charge is -2.30. The lowest BCUT2D eigenvalue weighted by Crippen LogP contribution is -2.67. The van der Waals surface area contributed by atoms with E-state index < -0.39 is 17.7 Å². The van der Waals surface area contributed by atoms with Gasteiger partial charge < -0.3 is 16.4 Å². The molecule has 2 atom stereocenters. The van der Waals surface area contributed by atoms with Gasteiger partial charge in [0.2, 0.25) is 0 Å². The van der Waals surface area contributed by atoms with Crippen molar-refractivity contribution in [1.29, 1.82) is 0 Å². The predicted octanol–water partition coefficient (Wildman–Crippen LogP) is -0.492. The van der Waals surface area contributed by atoms with Crippen molar-refractivity contribution in [3.63, 3.8) is 0 Å². The van der Waals surface area contributed by atoms with Gasteiger partial charge in [-0.3, -0.25) is 10.5 Å². The second-order valence-corrected chi connectivity index (χ2v) is 5.15. The summed E-state index contributed by atoms with van der Waals surface area (Å²) in [6, 6.07) is -1.17. The average Bonchev–Trinajstić information content (AvgIpc) is 2.28. The van der Waals surface area contributed by atoms with Gasteiger partial charge in [0.25, 0.3) is 0 Å². The molecule has 2 amide bonds. The molecule has 1 unspecified atom stereocenters. The van der Waals surface area contributed by atoms with Crippen molar-refractivity contribution in [2.24, 2.45) is 11.5 Å². The van der Waals surface area contributed by atoms with Crippen LogP contribution >= 0.6 is 11.8 Å². The molecule has 0 fully saturated rings. The van der Waals surface area contributed by atoms with Crippen LogP contribution in [-0.2, 0) is 4.79 Å². The molecule has 0 aromatic carbocycles. The first kappa shape index (κ1) is 14.0. The zero-order valence-corrected chi connectivity index (χ0v) is 10.5. The van der Waals surface area contributed by atoms with Gasteiger partial charge >= 0.3 is 6.03 Å². The van der Waals surface area contributed by atoms with E-state index in [9.17, 15) is 9.59 Å². The molecule has 6 N–H and O–H groups in total. The fourth-order valence-electron chi connectivity index (χ4n) is 1.45. The Morgan fingerprint density at radius 2 is 2.35 bits per heavy atom. The van der Waals surface area contributed by atoms with E-state index in [0.717, 1.165) is 11.5 Å². The number of nitrogens with one attached hydrogen (secondary N) is 2. The molecular formula is C10H18N4O2S. The summed E-state index contributed by atoms with van der Waals surface area (Å²) < 4.78 is 0. The van der Waals surface area contributed by atoms with Crippen LogP contribution in [0.2, 0.25) is 0 Å². The minimum atomic E-state index is -1.49. The van der Waals surface area contributed by atoms with Crippen LogP contribution in [0.4, 0.5) is 4.79 Å². The topological polar surface area (TPSA) is 110 Å². The number of amides is 2. The third-order valence-electron chi connectivity index (χ3n) is 2.40. The predicted molar refractivity (Wildman–Crippen MR) is 68.3 cm³/mol. The van der Waals surface area contributed by atoms with Gasteiger partial charge in [-0.25, -0.2) is 4.79 Å². The monoisotopic (exact) mass is 258 g/mol. The lowest BCUT2D eigenvalue weighted by atomic mass is 9.97. The highest BCUT2D eigenvalue weighted by atomic mass is 32.2. The summed E-state index contributed by atoms with van der Waals surface area (Å²) in [5, 5.41) is 4.74. The maximum absolute atomic E-state index is 12.0. The molecule has 1 aliphatic heterocycles. The van der Waals surface area contributed by atoms with Crippen molar-refractivity contribution >= 4 is 23.6 Å². The first-order valence-corrected chi connectivity index (χ1v) is 6.58. The van der Waals surface area contributed by atoms with E-state index in [0.29, 0.717) is 6.42 Å². The van der Waals surface area contributed by atoms with Crippen molar-refractivity contribution in [1.82, 2.24) is 10.6 Å². The molecular weight excluding hydrogens is 240 g/mol. The normalized spacial score (nSPS) is 25.0. The summed E-state index contributed by atoms with van der Waals surface area (Å²) in [6.07, 6.45) is 3.31. The second kappa shape index (κ2) is 6.04. The number of carbonyl (C=O) groups excluding carboxylic acids is 2. The van der Waals surface area contributed by atoms with Gasteiger partial charge in [-0.15, -0.1) is 0 Å². The number of thioether (sulfide) groups is 1. The van der Waals surface area contributed by atoms with E-state index >= 15 is 0 Å². The molecule has 0 saturated carbocycles. The molecule has 0 aromatic rings. The molecule has 0 bridgehead atoms. The van der Waals surface area contributed by atoms with Crippen LogP contribution in [0.3, 0.4) is 0 Å². The average molecular weight is 258 g/mol. The number of rotatable bonds is 6. The Kier molecular flexibility index (Phi) is 4.98. The highest BCUT2D eigenvalue weighted by molar-refractivity contribution is 7.99. The van der Waals surface area contributed by atoms with Gasteiger partial charge in [-0.2, -0.15) is 11.8 Å². The van der Waals surface area contributed by atoms with Crippen LogP contribution in [0.1, 0.15) is 13.3 Å². The molecule has 0 aromatic heterocycles. The van der Waals surface area contributed by atoms with E-state index in [1.54, 1.807) is 11.8 Å². The first-order valence-electron chi connectivity index (χ1n) is 5.42. The van der Waals surface area contributed by atoms with E-state index in [1.165, 1.54) is 12.3 Å². The zero-order valence-electron chi connectivity index (χ0n) is 9.73. The van der Waals surface area contributed by atoms with Gasteiger partial charge in [0.1, 0.15) is 0 Å². The van der Waals surface area contributed by atoms with E-state index in [2.05, 4.69) is 10.6 Å². The maximum Gasteiger partial charge on any atom is 0.320 e. The maximum atomic E-state index is 12.0. The molecule has 0 spiro atoms. The Balaban J connectivity index is 2.58. The van der Waals surface area contributed by atoms with Crippen molar-refractivity contribution in [2.75, 3.05) is 11.5 Å². The number of urea groups is 1. The smallest absolute Gasteiger partial charge is 0.320 e. The Morgan fingerprint density at radius 1 is 1.65 bits per heavy atom. The molecule has 0 saturated heterocycles. The molecule has 7 heteroatoms. The van der Waals surface area contributed by atoms with Crippen LogP contribution in [0.15, 0.2) is 12.3 Å². The highest BCUT2D eigenvalue weighted by Gasteiger charge is 2.37. The van der Waals surface area contributed by atoms with E-state index in [1.807, 2.05) is 6.92 Å². The summed E-state index contributed by atoms with van der Waals surface area (Å²) in [5.41, 5.74) is 10.1. The standard InChI is InChI=1S/C10H18N4O2S/c1-2-17-6-3-7(11)8(15)10(12)4-5-13-9(16)14-10/h4-5,7H,2-3,6,11-12H2,1H3,(H2,13,14,16)/t7-,10?/m0/s1. The number of hydrogen-bond donors (Lipinski definition) is 4. The Bertz CT molecular complexity index is 334. The van der Waals surface area contributed by atoms with Crippen LogP contribution in [-0.4, -0.2) is 35.0 Å². The molecule has 1 rings (SSSR count). The summed E-state index contributed by atoms with van der Waals surface area (Å²) in [6.45, 7) is 2.04. The Hall–Kier alpha value is -1.05. The summed E-state index contributed by atoms with van der Waals surface area (Å²) in [7, 11) is 0. The van der Waals surface area contributed by atoms with Crippen molar-refractivity contribution in [2.45, 2.75) is 25.0 Å². The SMILES string of the molecule is CCSCC[C@H](N)C(=O)C1(N)C=CNC(=O)N1. The Morgan fingerprint density at radius 3 is 2.94 bits per heavy atom. The number of nitrogens with two attached hydrogens (primary N) is 2. The largest absolute Gasteiger partial charge is 0.321 e. The first-order chi connectivity index (χ1) is 7.99. The number of hydrogen-bond acceptors (Lipinski definition) is 5. The molecule has 1 heterocycles. The van der Waals surface area contributed by atoms with Crippen LogP contribution in [0.5, 0.6) is 0 Å². The molecule has 0 aliphatic carbocycles. The van der Waals surface area contributed by atoms with Crippen LogP contribution in [0.25, 0.3) is 0 Å². The van der Waals surface area contributed by atoms with Gasteiger partial charge in [0.15, 0.2) is 11.4 Å². The quantitative estimate of drug-likeness (QED) is 0.480. The van der Waals surface area contributed by atoms with Gasteiger partial charge in [0.05, 0.1) is 6.04 Å². The van der Waals surface area contributed by atoms with Gasteiger partial charge in [-0.05, 0) is 24.0 Å². The third kappa shape index (κ3) is 3.72. The minimum absolute atomic E-state index is 0.375. The van der Waals surface area contributed by atoms with Crippen LogP contribution < -0.4 is 22.1 Å². The zero-order chi connectivity index (χ0) is 12.9. The molecule has 1 aliphatic rings. The van der Waals surface area contributed by atoms with Gasteiger partial charge in [-0.1, -0.05) is 6.92 Å². The van der Waals surface area contributed by atoms with Crippen molar-refractivity contribution < 1.29 is 9.59 Å². The Labute approximate surface area is 105 Å². The third-order valence-corrected chi connectivity index (χ3v) is 3.34. The van der Waals surface area contributed by atoms with E-state index in [4.69, 9.17) is 11.5 Å². The summed E-state index contributed by atoms with van der Waals surface area (Å²) >= 11 is 1.71. The lowest BCUT2D eigenvalue weighted by molar-refractivity contribution is -0.124. The number of Topliss-reactive ketones (excluding diaryl/α,β-unsaturated/α-hetero) is 1. The summed E-state index contributed by atoms with van der Waals surface area (Å²) in [4.78, 5) is 23.1. The summed E-state index contributed by atoms with van der Waals surface area (Å²) in [5.74, 6) is 1.41. The van der Waals surface area contributed by atoms with Crippen molar-refractivity contribution in [3.05, 3.63) is 12.3 Å². The molecule has 0 radical (unpaired) electrons. The second-order valence-electron chi connectivity index (χ2n) is 3.76. The molecule has 17 heavy (non-hydrogen) atoms. The fourth-order valence-corrected chi connectivity index (χ4v) is 2.16. The fraction of sp³-hybridized carbons (Fsp3) is 0.600. The minimum Gasteiger partial charge on any atom is -0.321 e. The van der Waals surface area contributed by atoms with E-state index in [-0.39, 0.29) is 5.78 Å². The highest BCUT2D eigenvalue weighted by Crippen LogP contribution is 2.10. The molecule has 6 nitrogen and oxygen atoms in total.